The van der Waals surface area contributed by atoms with E-state index in [0.29, 0.717) is 0 Å². The van der Waals surface area contributed by atoms with Crippen LogP contribution in [0.2, 0.25) is 0 Å². The zero-order valence-electron chi connectivity index (χ0n) is 10.5. The van der Waals surface area contributed by atoms with Gasteiger partial charge in [-0.1, -0.05) is 11.6 Å². The van der Waals surface area contributed by atoms with Crippen LogP contribution in [0.3, 0.4) is 0 Å². The Balaban J connectivity index is 4.54. The molecule has 0 radical (unpaired) electrons. The van der Waals surface area contributed by atoms with Gasteiger partial charge in [0.25, 0.3) is 0 Å². The molecule has 7 nitrogen and oxygen atoms in total. The third kappa shape index (κ3) is 7.72. The van der Waals surface area contributed by atoms with Gasteiger partial charge in [0.2, 0.25) is 5.91 Å². The highest BCUT2D eigenvalue weighted by Crippen LogP contribution is 2.07. The number of amides is 2. The summed E-state index contributed by atoms with van der Waals surface area (Å²) in [5.74, 6) is -1.61. The lowest BCUT2D eigenvalue weighted by molar-refractivity contribution is -0.145. The van der Waals surface area contributed by atoms with E-state index < -0.39 is 36.0 Å². The Morgan fingerprint density at radius 2 is 1.89 bits per heavy atom. The molecule has 0 aliphatic carbocycles. The van der Waals surface area contributed by atoms with Crippen molar-refractivity contribution in [2.24, 2.45) is 5.73 Å². The third-order valence-corrected chi connectivity index (χ3v) is 1.69. The molecule has 3 N–H and O–H groups in total. The van der Waals surface area contributed by atoms with Gasteiger partial charge in [0.15, 0.2) is 6.07 Å². The van der Waals surface area contributed by atoms with Gasteiger partial charge in [-0.25, -0.2) is 9.59 Å². The van der Waals surface area contributed by atoms with Gasteiger partial charge in [-0.05, 0) is 20.8 Å². The number of primary amides is 1. The van der Waals surface area contributed by atoms with Crippen LogP contribution in [-0.4, -0.2) is 35.7 Å². The first-order valence-electron chi connectivity index (χ1n) is 5.16. The molecular formula is C10H17ClN2O5. The fraction of sp³-hybridized carbons (Fsp3) is 0.700. The van der Waals surface area contributed by atoms with Crippen LogP contribution in [0.1, 0.15) is 27.2 Å². The summed E-state index contributed by atoms with van der Waals surface area (Å²) < 4.78 is 9.42. The van der Waals surface area contributed by atoms with Gasteiger partial charge in [-0.2, -0.15) is 0 Å². The number of hydrogen-bond donors (Lipinski definition) is 2. The molecule has 2 amide bonds. The van der Waals surface area contributed by atoms with Crippen molar-refractivity contribution in [2.45, 2.75) is 38.8 Å². The molecule has 104 valence electrons. The van der Waals surface area contributed by atoms with E-state index in [4.69, 9.17) is 22.1 Å². The summed E-state index contributed by atoms with van der Waals surface area (Å²) >= 11 is 5.22. The first-order valence-corrected chi connectivity index (χ1v) is 5.69. The Hall–Kier alpha value is -1.50. The number of hydrogen-bond acceptors (Lipinski definition) is 5. The normalized spacial score (nSPS) is 12.4. The van der Waals surface area contributed by atoms with E-state index in [0.717, 1.165) is 0 Å². The smallest absolute Gasteiger partial charge is 0.408 e. The maximum Gasteiger partial charge on any atom is 0.408 e. The van der Waals surface area contributed by atoms with Crippen LogP contribution in [0, 0.1) is 0 Å². The van der Waals surface area contributed by atoms with E-state index in [1.54, 1.807) is 20.8 Å². The van der Waals surface area contributed by atoms with E-state index in [9.17, 15) is 14.4 Å². The van der Waals surface area contributed by atoms with Gasteiger partial charge < -0.3 is 20.5 Å². The van der Waals surface area contributed by atoms with Crippen molar-refractivity contribution in [1.29, 1.82) is 0 Å². The number of nitrogens with one attached hydrogen (secondary N) is 1. The van der Waals surface area contributed by atoms with Crippen LogP contribution < -0.4 is 11.1 Å². The zero-order chi connectivity index (χ0) is 14.3. The summed E-state index contributed by atoms with van der Waals surface area (Å²) in [5.41, 5.74) is 4.23. The topological polar surface area (TPSA) is 108 Å². The third-order valence-electron chi connectivity index (χ3n) is 1.58. The van der Waals surface area contributed by atoms with Gasteiger partial charge in [0.05, 0.1) is 6.42 Å². The SMILES string of the molecule is CC(C)(C)OC(=O)NC(CC(N)=O)C(=O)OCCl. The van der Waals surface area contributed by atoms with Gasteiger partial charge in [-0.15, -0.1) is 0 Å². The average Bonchev–Trinajstić information content (AvgIpc) is 2.13. The standard InChI is InChI=1S/C10H17ClN2O5/c1-10(2,3)18-9(16)13-6(4-7(12)14)8(15)17-5-11/h6H,4-5H2,1-3H3,(H2,12,14)(H,13,16). The number of nitrogens with two attached hydrogens (primary N) is 1. The Morgan fingerprint density at radius 1 is 1.33 bits per heavy atom. The van der Waals surface area contributed by atoms with E-state index >= 15 is 0 Å². The Kier molecular flexibility index (Phi) is 6.46. The molecule has 0 bridgehead atoms. The lowest BCUT2D eigenvalue weighted by Gasteiger charge is -2.22. The molecule has 0 saturated carbocycles. The summed E-state index contributed by atoms with van der Waals surface area (Å²) in [5, 5.41) is 2.19. The van der Waals surface area contributed by atoms with Gasteiger partial charge >= 0.3 is 12.1 Å². The zero-order valence-corrected chi connectivity index (χ0v) is 11.2. The minimum atomic E-state index is -1.21. The van der Waals surface area contributed by atoms with Gasteiger partial charge in [0.1, 0.15) is 11.6 Å². The highest BCUT2D eigenvalue weighted by Gasteiger charge is 2.26. The van der Waals surface area contributed by atoms with Crippen LogP contribution in [-0.2, 0) is 19.1 Å². The summed E-state index contributed by atoms with van der Waals surface area (Å²) in [7, 11) is 0. The van der Waals surface area contributed by atoms with Crippen molar-refractivity contribution in [1.82, 2.24) is 5.32 Å². The molecule has 1 unspecified atom stereocenters. The lowest BCUT2D eigenvalue weighted by Crippen LogP contribution is -2.46. The largest absolute Gasteiger partial charge is 0.448 e. The second kappa shape index (κ2) is 7.05. The number of ether oxygens (including phenoxy) is 2. The Morgan fingerprint density at radius 3 is 2.28 bits per heavy atom. The van der Waals surface area contributed by atoms with Crippen molar-refractivity contribution in [3.8, 4) is 0 Å². The van der Waals surface area contributed by atoms with Crippen molar-refractivity contribution in [2.75, 3.05) is 6.07 Å². The van der Waals surface area contributed by atoms with Crippen LogP contribution in [0.4, 0.5) is 4.79 Å². The molecule has 8 heteroatoms. The van der Waals surface area contributed by atoms with Crippen molar-refractivity contribution in [3.63, 3.8) is 0 Å². The van der Waals surface area contributed by atoms with Crippen LogP contribution in [0.15, 0.2) is 0 Å². The van der Waals surface area contributed by atoms with E-state index in [-0.39, 0.29) is 6.07 Å². The maximum atomic E-state index is 11.4. The van der Waals surface area contributed by atoms with Crippen LogP contribution in [0.25, 0.3) is 0 Å². The summed E-state index contributed by atoms with van der Waals surface area (Å²) in [6.45, 7) is 4.98. The number of carbonyl (C=O) groups excluding carboxylic acids is 3. The number of esters is 1. The number of alkyl carbamates (subject to hydrolysis) is 1. The number of rotatable bonds is 5. The quantitative estimate of drug-likeness (QED) is 0.563. The van der Waals surface area contributed by atoms with Crippen molar-refractivity contribution >= 4 is 29.6 Å². The lowest BCUT2D eigenvalue weighted by atomic mass is 10.2. The highest BCUT2D eigenvalue weighted by atomic mass is 35.5. The Bertz CT molecular complexity index is 327. The van der Waals surface area contributed by atoms with E-state index in [1.807, 2.05) is 0 Å². The van der Waals surface area contributed by atoms with Crippen LogP contribution in [0.5, 0.6) is 0 Å². The molecule has 0 spiro atoms. The molecule has 0 rings (SSSR count). The van der Waals surface area contributed by atoms with Crippen molar-refractivity contribution in [3.05, 3.63) is 0 Å². The van der Waals surface area contributed by atoms with Crippen molar-refractivity contribution < 1.29 is 23.9 Å². The number of carbonyl (C=O) groups is 3. The minimum absolute atomic E-state index is 0.385. The fourth-order valence-corrected chi connectivity index (χ4v) is 1.11. The maximum absolute atomic E-state index is 11.4. The molecule has 0 aliphatic rings. The monoisotopic (exact) mass is 280 g/mol. The van der Waals surface area contributed by atoms with Gasteiger partial charge in [0, 0.05) is 0 Å². The summed E-state index contributed by atoms with van der Waals surface area (Å²) in [6, 6.07) is -1.60. The molecule has 0 aliphatic heterocycles. The molecular weight excluding hydrogens is 264 g/mol. The van der Waals surface area contributed by atoms with Gasteiger partial charge in [-0.3, -0.25) is 4.79 Å². The molecule has 0 heterocycles. The first kappa shape index (κ1) is 16.5. The fourth-order valence-electron chi connectivity index (χ4n) is 0.999. The molecule has 0 aromatic carbocycles. The summed E-state index contributed by atoms with van der Waals surface area (Å²) in [4.78, 5) is 33.6. The molecule has 18 heavy (non-hydrogen) atoms. The van der Waals surface area contributed by atoms with Crippen LogP contribution >= 0.6 is 11.6 Å². The second-order valence-electron chi connectivity index (χ2n) is 4.44. The average molecular weight is 281 g/mol. The molecule has 0 aromatic rings. The predicted octanol–water partition coefficient (Wildman–Crippen LogP) is 0.495. The minimum Gasteiger partial charge on any atom is -0.448 e. The molecule has 0 saturated heterocycles. The predicted molar refractivity (Wildman–Crippen MR) is 63.8 cm³/mol. The number of alkyl halides is 1. The molecule has 0 aromatic heterocycles. The Labute approximate surface area is 110 Å². The highest BCUT2D eigenvalue weighted by molar-refractivity contribution is 6.17. The second-order valence-corrected chi connectivity index (χ2v) is 4.66. The molecule has 1 atom stereocenters. The van der Waals surface area contributed by atoms with E-state index in [1.165, 1.54) is 0 Å². The van der Waals surface area contributed by atoms with E-state index in [2.05, 4.69) is 10.1 Å². The molecule has 0 fully saturated rings. The summed E-state index contributed by atoms with van der Waals surface area (Å²) in [6.07, 6.45) is -1.24. The first-order chi connectivity index (χ1) is 8.15. The number of halogens is 1.